The molecule has 0 spiro atoms. The molecule has 0 saturated heterocycles. The second-order valence-electron chi connectivity index (χ2n) is 1.81. The molecule has 46 valence electrons. The van der Waals surface area contributed by atoms with Crippen molar-refractivity contribution in [1.29, 1.82) is 0 Å². The molecule has 0 aliphatic carbocycles. The summed E-state index contributed by atoms with van der Waals surface area (Å²) in [5.41, 5.74) is 0. The van der Waals surface area contributed by atoms with Gasteiger partial charge in [-0.1, -0.05) is 0 Å². The van der Waals surface area contributed by atoms with Gasteiger partial charge in [-0.15, -0.1) is 0 Å². The predicted molar refractivity (Wildman–Crippen MR) is 52.5 cm³/mol. The highest BCUT2D eigenvalue weighted by Crippen LogP contribution is 2.09. The van der Waals surface area contributed by atoms with E-state index in [0.717, 1.165) is 0 Å². The molecule has 0 aliphatic heterocycles. The normalized spacial score (nSPS) is 13.6. The molecule has 0 amide bonds. The summed E-state index contributed by atoms with van der Waals surface area (Å²) in [6.07, 6.45) is 0. The van der Waals surface area contributed by atoms with Crippen molar-refractivity contribution >= 4 is 81.0 Å². The Balaban J connectivity index is 3.44. The molecule has 0 unspecified atom stereocenters. The maximum atomic E-state index is 5.33. The summed E-state index contributed by atoms with van der Waals surface area (Å²) in [5.74, 6) is 0. The van der Waals surface area contributed by atoms with Crippen LogP contribution in [0.5, 0.6) is 0 Å². The highest BCUT2D eigenvalue weighted by Gasteiger charge is 2.18. The fourth-order valence-electron chi connectivity index (χ4n) is 0.179. The molecule has 0 aromatic rings. The minimum Gasteiger partial charge on any atom is -0.457 e. The standard InChI is InChI=1S/C2OSi8/c4-1(5,6)10-3-11-2(7,8)9. The molecule has 0 N–H and O–H groups in total. The summed E-state index contributed by atoms with van der Waals surface area (Å²) in [5, 5.41) is 0. The van der Waals surface area contributed by atoms with Crippen molar-refractivity contribution in [2.24, 2.45) is 0 Å². The van der Waals surface area contributed by atoms with Gasteiger partial charge < -0.3 is 4.12 Å². The van der Waals surface area contributed by atoms with Gasteiger partial charge in [0.2, 0.25) is 19.5 Å². The first-order chi connectivity index (χ1) is 4.71. The molecular formula is C2OSi8. The van der Waals surface area contributed by atoms with Crippen molar-refractivity contribution < 1.29 is 4.12 Å². The number of hydrogen-bond donors (Lipinski definition) is 0. The van der Waals surface area contributed by atoms with Crippen LogP contribution < -0.4 is 0 Å². The van der Waals surface area contributed by atoms with Crippen LogP contribution in [0.1, 0.15) is 0 Å². The summed E-state index contributed by atoms with van der Waals surface area (Å²) < 4.78 is 4.69. The Kier molecular flexibility index (Phi) is 5.54. The molecule has 1 nitrogen and oxygen atoms in total. The highest BCUT2D eigenvalue weighted by molar-refractivity contribution is 6.84. The quantitative estimate of drug-likeness (QED) is 0.503. The Bertz CT molecular complexity index is 96.2. The molecule has 0 aliphatic rings. The van der Waals surface area contributed by atoms with Gasteiger partial charge in [0.1, 0.15) is 0 Å². The number of hydrogen-bond acceptors (Lipinski definition) is 1. The first-order valence-electron chi connectivity index (χ1n) is 2.41. The first kappa shape index (κ1) is 12.7. The smallest absolute Gasteiger partial charge is 0.210 e. The van der Waals surface area contributed by atoms with E-state index in [4.69, 9.17) is 4.12 Å². The molecule has 22 radical (unpaired) electrons. The summed E-state index contributed by atoms with van der Waals surface area (Å²) in [7, 11) is 20.8. The summed E-state index contributed by atoms with van der Waals surface area (Å²) >= 11 is 0. The van der Waals surface area contributed by atoms with E-state index in [0.29, 0.717) is 0 Å². The van der Waals surface area contributed by atoms with Crippen molar-refractivity contribution in [2.45, 2.75) is 7.82 Å². The Morgan fingerprint density at radius 1 is 0.727 bits per heavy atom. The van der Waals surface area contributed by atoms with Crippen LogP contribution in [0.3, 0.4) is 0 Å². The van der Waals surface area contributed by atoms with Crippen molar-refractivity contribution in [3.05, 3.63) is 0 Å². The molecule has 9 heteroatoms. The second kappa shape index (κ2) is 4.80. The fraction of sp³-hybridized carbons (Fsp3) is 1.00. The largest absolute Gasteiger partial charge is 0.457 e. The van der Waals surface area contributed by atoms with E-state index in [1.807, 2.05) is 0 Å². The van der Waals surface area contributed by atoms with Crippen LogP contribution in [0.2, 0.25) is 7.82 Å². The lowest BCUT2D eigenvalue weighted by Gasteiger charge is -2.19. The topological polar surface area (TPSA) is 9.23 Å². The van der Waals surface area contributed by atoms with Crippen molar-refractivity contribution in [1.82, 2.24) is 0 Å². The van der Waals surface area contributed by atoms with E-state index < -0.39 is 0 Å². The van der Waals surface area contributed by atoms with E-state index in [9.17, 15) is 0 Å². The van der Waals surface area contributed by atoms with Crippen LogP contribution in [-0.4, -0.2) is 81.0 Å². The van der Waals surface area contributed by atoms with E-state index >= 15 is 0 Å². The van der Waals surface area contributed by atoms with Crippen LogP contribution in [0.4, 0.5) is 0 Å². The molecule has 0 aromatic carbocycles. The van der Waals surface area contributed by atoms with E-state index in [-0.39, 0.29) is 27.3 Å². The Morgan fingerprint density at radius 3 is 1.18 bits per heavy atom. The molecule has 0 bridgehead atoms. The lowest BCUT2D eigenvalue weighted by Crippen LogP contribution is -2.31. The third-order valence-corrected chi connectivity index (χ3v) is 3.67. The highest BCUT2D eigenvalue weighted by atomic mass is 28.4. The van der Waals surface area contributed by atoms with Crippen LogP contribution in [-0.2, 0) is 4.12 Å². The minimum absolute atomic E-state index is 0.275. The molecule has 0 fully saturated rings. The SMILES string of the molecule is [Si]C([Si])([Si])[Si]O[Si]C([Si])([Si])[Si]. The Hall–Kier alpha value is 1.70. The molecule has 0 heterocycles. The zero-order valence-corrected chi connectivity index (χ0v) is 13.4. The maximum absolute atomic E-state index is 5.33. The van der Waals surface area contributed by atoms with E-state index in [2.05, 4.69) is 61.5 Å². The van der Waals surface area contributed by atoms with Crippen LogP contribution in [0.15, 0.2) is 0 Å². The van der Waals surface area contributed by atoms with Crippen LogP contribution >= 0.6 is 0 Å². The summed E-state index contributed by atoms with van der Waals surface area (Å²) in [6, 6.07) is 0. The minimum atomic E-state index is -0.317. The Labute approximate surface area is 92.6 Å². The lowest BCUT2D eigenvalue weighted by atomic mass is 11.8. The molecule has 0 aromatic heterocycles. The molecular weight excluding hydrogens is 265 g/mol. The van der Waals surface area contributed by atoms with E-state index in [1.165, 1.54) is 0 Å². The van der Waals surface area contributed by atoms with E-state index in [1.54, 1.807) is 0 Å². The lowest BCUT2D eigenvalue weighted by molar-refractivity contribution is 0.635. The molecule has 0 rings (SSSR count). The molecule has 11 heavy (non-hydrogen) atoms. The monoisotopic (exact) mass is 264 g/mol. The van der Waals surface area contributed by atoms with Gasteiger partial charge in [-0.05, 0) is 7.82 Å². The predicted octanol–water partition coefficient (Wildman–Crippen LogP) is -2.69. The van der Waals surface area contributed by atoms with Gasteiger partial charge in [-0.3, -0.25) is 0 Å². The third-order valence-electron chi connectivity index (χ3n) is 0.408. The van der Waals surface area contributed by atoms with Gasteiger partial charge in [0.25, 0.3) is 0 Å². The first-order valence-corrected chi connectivity index (χ1v) is 7.22. The average Bonchev–Trinajstić information content (AvgIpc) is 1.55. The third kappa shape index (κ3) is 11.7. The molecule has 0 atom stereocenters. The van der Waals surface area contributed by atoms with Gasteiger partial charge in [0.05, 0.1) is 0 Å². The van der Waals surface area contributed by atoms with Crippen molar-refractivity contribution in [3.63, 3.8) is 0 Å². The average molecular weight is 265 g/mol. The second-order valence-corrected chi connectivity index (χ2v) is 15.0. The van der Waals surface area contributed by atoms with Crippen molar-refractivity contribution in [3.8, 4) is 0 Å². The van der Waals surface area contributed by atoms with Crippen LogP contribution in [0, 0.1) is 0 Å². The zero-order chi connectivity index (χ0) is 9.12. The maximum Gasteiger partial charge on any atom is 0.210 e. The van der Waals surface area contributed by atoms with Crippen molar-refractivity contribution in [2.75, 3.05) is 0 Å². The zero-order valence-electron chi connectivity index (χ0n) is 5.41. The van der Waals surface area contributed by atoms with Crippen LogP contribution in [0.25, 0.3) is 0 Å². The Morgan fingerprint density at radius 2 is 1.00 bits per heavy atom. The number of rotatable bonds is 4. The van der Waals surface area contributed by atoms with Gasteiger partial charge in [-0.2, -0.15) is 0 Å². The van der Waals surface area contributed by atoms with Gasteiger partial charge >= 0.3 is 0 Å². The molecule has 0 saturated carbocycles. The van der Waals surface area contributed by atoms with Gasteiger partial charge in [0, 0.05) is 61.5 Å². The van der Waals surface area contributed by atoms with Gasteiger partial charge in [-0.25, -0.2) is 0 Å². The van der Waals surface area contributed by atoms with Gasteiger partial charge in [0.15, 0.2) is 0 Å². The summed E-state index contributed by atoms with van der Waals surface area (Å²) in [6.45, 7) is 0. The fourth-order valence-corrected chi connectivity index (χ4v) is 4.36. The summed E-state index contributed by atoms with van der Waals surface area (Å²) in [4.78, 5) is 0.